The van der Waals surface area contributed by atoms with Gasteiger partial charge in [0.05, 0.1) is 24.2 Å². The number of aromatic nitrogens is 5. The van der Waals surface area contributed by atoms with Crippen molar-refractivity contribution in [2.75, 3.05) is 13.4 Å². The second-order valence-corrected chi connectivity index (χ2v) is 7.02. The topological polar surface area (TPSA) is 88.3 Å². The molecule has 4 aromatic rings. The van der Waals surface area contributed by atoms with Gasteiger partial charge in [0.25, 0.3) is 5.88 Å². The number of imidazole rings is 1. The Morgan fingerprint density at radius 1 is 1.07 bits per heavy atom. The predicted molar refractivity (Wildman–Crippen MR) is 98.2 cm³/mol. The SMILES string of the molecule is COc1nccn2c(-c3ccnc([S+](C)[O-])n3)c(-c3ccc(F)c(F)c3)nc12. The van der Waals surface area contributed by atoms with Gasteiger partial charge in [-0.1, -0.05) is 0 Å². The van der Waals surface area contributed by atoms with Crippen molar-refractivity contribution in [3.05, 3.63) is 54.5 Å². The van der Waals surface area contributed by atoms with E-state index in [0.29, 0.717) is 28.3 Å². The Morgan fingerprint density at radius 2 is 1.89 bits per heavy atom. The van der Waals surface area contributed by atoms with E-state index in [2.05, 4.69) is 19.9 Å². The van der Waals surface area contributed by atoms with Crippen LogP contribution in [0, 0.1) is 11.6 Å². The van der Waals surface area contributed by atoms with E-state index >= 15 is 0 Å². The molecule has 0 saturated carbocycles. The third-order valence-electron chi connectivity index (χ3n) is 4.03. The van der Waals surface area contributed by atoms with Crippen LogP contribution in [-0.4, -0.2) is 42.3 Å². The number of fused-ring (bicyclic) bond motifs is 1. The second kappa shape index (κ2) is 7.13. The summed E-state index contributed by atoms with van der Waals surface area (Å²) in [5, 5.41) is 0.143. The minimum Gasteiger partial charge on any atom is -0.609 e. The summed E-state index contributed by atoms with van der Waals surface area (Å²) in [5.41, 5.74) is 1.96. The Bertz CT molecular complexity index is 1180. The van der Waals surface area contributed by atoms with Crippen molar-refractivity contribution < 1.29 is 18.1 Å². The average molecular weight is 401 g/mol. The van der Waals surface area contributed by atoms with E-state index in [1.807, 2.05) is 0 Å². The first kappa shape index (κ1) is 18.3. The molecule has 28 heavy (non-hydrogen) atoms. The Kier molecular flexibility index (Phi) is 4.65. The van der Waals surface area contributed by atoms with Crippen LogP contribution in [0.5, 0.6) is 5.88 Å². The van der Waals surface area contributed by atoms with Crippen molar-refractivity contribution in [2.24, 2.45) is 0 Å². The molecular weight excluding hydrogens is 388 g/mol. The highest BCUT2D eigenvalue weighted by Crippen LogP contribution is 2.34. The summed E-state index contributed by atoms with van der Waals surface area (Å²) in [5.74, 6) is -1.70. The number of nitrogens with zero attached hydrogens (tertiary/aromatic N) is 5. The lowest BCUT2D eigenvalue weighted by Crippen LogP contribution is -2.05. The van der Waals surface area contributed by atoms with E-state index in [-0.39, 0.29) is 11.0 Å². The van der Waals surface area contributed by atoms with Crippen LogP contribution in [-0.2, 0) is 11.2 Å². The van der Waals surface area contributed by atoms with Crippen LogP contribution < -0.4 is 4.74 Å². The van der Waals surface area contributed by atoms with Crippen molar-refractivity contribution in [2.45, 2.75) is 5.16 Å². The predicted octanol–water partition coefficient (Wildman–Crippen LogP) is 2.88. The van der Waals surface area contributed by atoms with Crippen molar-refractivity contribution >= 4 is 16.8 Å². The zero-order chi connectivity index (χ0) is 19.8. The normalized spacial score (nSPS) is 12.3. The lowest BCUT2D eigenvalue weighted by molar-refractivity contribution is 0.400. The lowest BCUT2D eigenvalue weighted by atomic mass is 10.1. The summed E-state index contributed by atoms with van der Waals surface area (Å²) in [7, 11) is 1.46. The summed E-state index contributed by atoms with van der Waals surface area (Å²) >= 11 is -1.40. The molecule has 1 atom stereocenters. The van der Waals surface area contributed by atoms with E-state index in [0.717, 1.165) is 12.1 Å². The molecule has 1 aromatic carbocycles. The highest BCUT2D eigenvalue weighted by molar-refractivity contribution is 7.90. The Balaban J connectivity index is 2.05. The quantitative estimate of drug-likeness (QED) is 0.386. The number of hydrogen-bond donors (Lipinski definition) is 0. The van der Waals surface area contributed by atoms with Gasteiger partial charge in [0, 0.05) is 35.3 Å². The monoisotopic (exact) mass is 401 g/mol. The zero-order valence-corrected chi connectivity index (χ0v) is 15.6. The van der Waals surface area contributed by atoms with Gasteiger partial charge in [-0.2, -0.15) is 9.97 Å². The van der Waals surface area contributed by atoms with Gasteiger partial charge in [-0.05, 0) is 24.3 Å². The highest BCUT2D eigenvalue weighted by atomic mass is 32.2. The minimum atomic E-state index is -1.40. The van der Waals surface area contributed by atoms with Gasteiger partial charge < -0.3 is 9.29 Å². The maximum absolute atomic E-state index is 13.9. The molecule has 0 aliphatic rings. The highest BCUT2D eigenvalue weighted by Gasteiger charge is 2.22. The second-order valence-electron chi connectivity index (χ2n) is 5.75. The molecule has 0 amide bonds. The molecule has 0 N–H and O–H groups in total. The maximum atomic E-state index is 13.9. The van der Waals surface area contributed by atoms with Crippen molar-refractivity contribution in [3.8, 4) is 28.5 Å². The first-order chi connectivity index (χ1) is 13.5. The van der Waals surface area contributed by atoms with Gasteiger partial charge in [0.1, 0.15) is 6.26 Å². The summed E-state index contributed by atoms with van der Waals surface area (Å²) in [6, 6.07) is 5.13. The molecule has 0 aliphatic carbocycles. The van der Waals surface area contributed by atoms with Gasteiger partial charge in [-0.15, -0.1) is 0 Å². The molecule has 3 aromatic heterocycles. The summed E-state index contributed by atoms with van der Waals surface area (Å²) in [6.07, 6.45) is 6.11. The van der Waals surface area contributed by atoms with Crippen molar-refractivity contribution in [3.63, 3.8) is 0 Å². The van der Waals surface area contributed by atoms with E-state index in [4.69, 9.17) is 4.74 Å². The molecule has 0 radical (unpaired) electrons. The van der Waals surface area contributed by atoms with Gasteiger partial charge in [-0.25, -0.2) is 18.7 Å². The largest absolute Gasteiger partial charge is 0.609 e. The Hall–Kier alpha value is -3.11. The standard InChI is InChI=1S/C18H13F2N5O2S/c1-27-17-16-24-14(10-3-4-11(19)12(20)9-10)15(25(16)8-7-21-17)13-5-6-22-18(23-13)28(2)26/h3-9H,1-2H3. The van der Waals surface area contributed by atoms with E-state index in [1.165, 1.54) is 31.8 Å². The molecule has 3 heterocycles. The number of rotatable bonds is 4. The molecule has 7 nitrogen and oxygen atoms in total. The molecule has 142 valence electrons. The van der Waals surface area contributed by atoms with Gasteiger partial charge >= 0.3 is 5.16 Å². The first-order valence-corrected chi connectivity index (χ1v) is 9.58. The van der Waals surface area contributed by atoms with Crippen LogP contribution in [0.3, 0.4) is 0 Å². The molecule has 10 heteroatoms. The molecule has 0 aliphatic heterocycles. The third-order valence-corrected chi connectivity index (χ3v) is 4.74. The van der Waals surface area contributed by atoms with E-state index < -0.39 is 22.8 Å². The van der Waals surface area contributed by atoms with Crippen molar-refractivity contribution in [1.82, 2.24) is 24.3 Å². The number of methoxy groups -OCH3 is 1. The van der Waals surface area contributed by atoms with E-state index in [1.54, 1.807) is 16.7 Å². The van der Waals surface area contributed by atoms with Crippen LogP contribution in [0.25, 0.3) is 28.3 Å². The van der Waals surface area contributed by atoms with Crippen LogP contribution in [0.1, 0.15) is 0 Å². The Morgan fingerprint density at radius 3 is 2.61 bits per heavy atom. The Labute approximate surface area is 161 Å². The van der Waals surface area contributed by atoms with Gasteiger partial charge in [0.15, 0.2) is 11.6 Å². The summed E-state index contributed by atoms with van der Waals surface area (Å²) in [4.78, 5) is 17.0. The number of halogens is 2. The molecule has 4 rings (SSSR count). The number of hydrogen-bond acceptors (Lipinski definition) is 6. The minimum absolute atomic E-state index is 0.143. The van der Waals surface area contributed by atoms with Crippen LogP contribution in [0.2, 0.25) is 0 Å². The first-order valence-electron chi connectivity index (χ1n) is 8.03. The molecule has 1 unspecified atom stereocenters. The molecule has 0 fully saturated rings. The fourth-order valence-electron chi connectivity index (χ4n) is 2.80. The summed E-state index contributed by atoms with van der Waals surface area (Å²) < 4.78 is 46.0. The van der Waals surface area contributed by atoms with E-state index in [9.17, 15) is 13.3 Å². The zero-order valence-electron chi connectivity index (χ0n) is 14.8. The third kappa shape index (κ3) is 3.06. The number of benzene rings is 1. The molecule has 0 spiro atoms. The van der Waals surface area contributed by atoms with Gasteiger partial charge in [0.2, 0.25) is 5.65 Å². The summed E-state index contributed by atoms with van der Waals surface area (Å²) in [6.45, 7) is 0. The smallest absolute Gasteiger partial charge is 0.343 e. The van der Waals surface area contributed by atoms with Crippen LogP contribution in [0.15, 0.2) is 48.0 Å². The van der Waals surface area contributed by atoms with Crippen LogP contribution >= 0.6 is 0 Å². The lowest BCUT2D eigenvalue weighted by Gasteiger charge is -2.07. The van der Waals surface area contributed by atoms with Crippen molar-refractivity contribution in [1.29, 1.82) is 0 Å². The van der Waals surface area contributed by atoms with Crippen LogP contribution in [0.4, 0.5) is 8.78 Å². The molecule has 0 saturated heterocycles. The maximum Gasteiger partial charge on any atom is 0.343 e. The molecular formula is C18H13F2N5O2S. The fraction of sp³-hybridized carbons (Fsp3) is 0.111. The molecule has 0 bridgehead atoms. The average Bonchev–Trinajstić information content (AvgIpc) is 3.09. The number of ether oxygens (including phenoxy) is 1. The van der Waals surface area contributed by atoms with Gasteiger partial charge in [-0.3, -0.25) is 4.40 Å². The fourth-order valence-corrected chi connectivity index (χ4v) is 3.23.